The van der Waals surface area contributed by atoms with E-state index in [0.717, 1.165) is 25.8 Å². The van der Waals surface area contributed by atoms with E-state index >= 15 is 0 Å². The molecule has 2 atom stereocenters. The van der Waals surface area contributed by atoms with Crippen LogP contribution >= 0.6 is 12.4 Å². The first-order valence-electron chi connectivity index (χ1n) is 7.64. The molecule has 2 aliphatic rings. The van der Waals surface area contributed by atoms with E-state index in [1.165, 1.54) is 25.7 Å². The van der Waals surface area contributed by atoms with E-state index in [-0.39, 0.29) is 24.4 Å². The summed E-state index contributed by atoms with van der Waals surface area (Å²) >= 11 is 0. The monoisotopic (exact) mass is 288 g/mol. The zero-order valence-electron chi connectivity index (χ0n) is 12.3. The maximum atomic E-state index is 12.7. The highest BCUT2D eigenvalue weighted by atomic mass is 35.5. The molecule has 0 aromatic rings. The SMILES string of the molecule is CC(C)CN(C(=O)C1CCC(N)C1)C1CCCC1.Cl. The summed E-state index contributed by atoms with van der Waals surface area (Å²) in [6, 6.07) is 0.764. The van der Waals surface area contributed by atoms with Crippen LogP contribution in [0.1, 0.15) is 58.8 Å². The van der Waals surface area contributed by atoms with Crippen LogP contribution in [0.25, 0.3) is 0 Å². The molecule has 2 unspecified atom stereocenters. The normalized spacial score (nSPS) is 27.6. The predicted molar refractivity (Wildman–Crippen MR) is 81.4 cm³/mol. The molecule has 0 bridgehead atoms. The molecule has 19 heavy (non-hydrogen) atoms. The number of nitrogens with zero attached hydrogens (tertiary/aromatic N) is 1. The summed E-state index contributed by atoms with van der Waals surface area (Å²) in [5.41, 5.74) is 5.95. The third-order valence-electron chi connectivity index (χ3n) is 4.43. The molecule has 0 heterocycles. The summed E-state index contributed by atoms with van der Waals surface area (Å²) in [7, 11) is 0. The molecular formula is C15H29ClN2O. The Hall–Kier alpha value is -0.280. The Balaban J connectivity index is 0.00000180. The number of carbonyl (C=O) groups excluding carboxylic acids is 1. The molecule has 0 saturated heterocycles. The van der Waals surface area contributed by atoms with Gasteiger partial charge in [0.05, 0.1) is 0 Å². The van der Waals surface area contributed by atoms with E-state index in [0.29, 0.717) is 17.9 Å². The van der Waals surface area contributed by atoms with Crippen molar-refractivity contribution in [1.82, 2.24) is 4.90 Å². The average molecular weight is 289 g/mol. The molecule has 2 N–H and O–H groups in total. The van der Waals surface area contributed by atoms with E-state index in [4.69, 9.17) is 5.73 Å². The third-order valence-corrected chi connectivity index (χ3v) is 4.43. The molecule has 0 aromatic carbocycles. The molecule has 2 aliphatic carbocycles. The highest BCUT2D eigenvalue weighted by molar-refractivity contribution is 5.85. The molecule has 1 amide bonds. The van der Waals surface area contributed by atoms with Crippen LogP contribution in [-0.4, -0.2) is 29.4 Å². The lowest BCUT2D eigenvalue weighted by Gasteiger charge is -2.33. The van der Waals surface area contributed by atoms with E-state index < -0.39 is 0 Å². The Morgan fingerprint density at radius 2 is 1.84 bits per heavy atom. The summed E-state index contributed by atoms with van der Waals surface area (Å²) in [6.07, 6.45) is 7.92. The van der Waals surface area contributed by atoms with E-state index in [1.54, 1.807) is 0 Å². The lowest BCUT2D eigenvalue weighted by Crippen LogP contribution is -2.44. The van der Waals surface area contributed by atoms with Gasteiger partial charge in [-0.25, -0.2) is 0 Å². The van der Waals surface area contributed by atoms with Crippen molar-refractivity contribution in [2.75, 3.05) is 6.54 Å². The molecule has 2 rings (SSSR count). The third kappa shape index (κ3) is 4.35. The Morgan fingerprint density at radius 1 is 1.21 bits per heavy atom. The van der Waals surface area contributed by atoms with Crippen molar-refractivity contribution < 1.29 is 4.79 Å². The largest absolute Gasteiger partial charge is 0.339 e. The summed E-state index contributed by atoms with van der Waals surface area (Å²) in [5.74, 6) is 1.16. The summed E-state index contributed by atoms with van der Waals surface area (Å²) in [4.78, 5) is 14.9. The van der Waals surface area contributed by atoms with Crippen molar-refractivity contribution in [2.24, 2.45) is 17.6 Å². The van der Waals surface area contributed by atoms with Crippen LogP contribution in [0.2, 0.25) is 0 Å². The molecule has 0 radical (unpaired) electrons. The van der Waals surface area contributed by atoms with Crippen molar-refractivity contribution in [3.63, 3.8) is 0 Å². The van der Waals surface area contributed by atoms with Crippen LogP contribution in [0.4, 0.5) is 0 Å². The van der Waals surface area contributed by atoms with Crippen molar-refractivity contribution in [3.8, 4) is 0 Å². The first kappa shape index (κ1) is 16.8. The van der Waals surface area contributed by atoms with Gasteiger partial charge in [-0.05, 0) is 38.0 Å². The van der Waals surface area contributed by atoms with Crippen molar-refractivity contribution in [3.05, 3.63) is 0 Å². The highest BCUT2D eigenvalue weighted by Crippen LogP contribution is 2.30. The van der Waals surface area contributed by atoms with Crippen LogP contribution < -0.4 is 5.73 Å². The van der Waals surface area contributed by atoms with Gasteiger partial charge in [0.25, 0.3) is 0 Å². The number of hydrogen-bond donors (Lipinski definition) is 1. The number of hydrogen-bond acceptors (Lipinski definition) is 2. The van der Waals surface area contributed by atoms with Gasteiger partial charge in [-0.1, -0.05) is 26.7 Å². The first-order valence-corrected chi connectivity index (χ1v) is 7.64. The minimum atomic E-state index is 0. The topological polar surface area (TPSA) is 46.3 Å². The van der Waals surface area contributed by atoms with Crippen molar-refractivity contribution >= 4 is 18.3 Å². The Morgan fingerprint density at radius 3 is 2.32 bits per heavy atom. The quantitative estimate of drug-likeness (QED) is 0.864. The molecule has 0 spiro atoms. The van der Waals surface area contributed by atoms with Gasteiger partial charge >= 0.3 is 0 Å². The van der Waals surface area contributed by atoms with Gasteiger partial charge in [0.1, 0.15) is 0 Å². The Kier molecular flexibility index (Phi) is 6.61. The maximum Gasteiger partial charge on any atom is 0.225 e. The van der Waals surface area contributed by atoms with Gasteiger partial charge in [0.15, 0.2) is 0 Å². The van der Waals surface area contributed by atoms with E-state index in [1.807, 2.05) is 0 Å². The van der Waals surface area contributed by atoms with Gasteiger partial charge in [0.2, 0.25) is 5.91 Å². The average Bonchev–Trinajstić information content (AvgIpc) is 2.95. The number of rotatable bonds is 4. The van der Waals surface area contributed by atoms with Crippen LogP contribution in [0.5, 0.6) is 0 Å². The zero-order chi connectivity index (χ0) is 13.1. The Bertz CT molecular complexity index is 290. The Labute approximate surface area is 123 Å². The van der Waals surface area contributed by atoms with Gasteiger partial charge in [0, 0.05) is 24.5 Å². The molecule has 2 saturated carbocycles. The van der Waals surface area contributed by atoms with Crippen LogP contribution in [0.15, 0.2) is 0 Å². The number of nitrogens with two attached hydrogens (primary N) is 1. The van der Waals surface area contributed by atoms with Gasteiger partial charge in [-0.3, -0.25) is 4.79 Å². The predicted octanol–water partition coefficient (Wildman–Crippen LogP) is 2.96. The van der Waals surface area contributed by atoms with Gasteiger partial charge in [-0.2, -0.15) is 0 Å². The minimum absolute atomic E-state index is 0. The second-order valence-electron chi connectivity index (χ2n) is 6.59. The maximum absolute atomic E-state index is 12.7. The highest BCUT2D eigenvalue weighted by Gasteiger charge is 2.35. The standard InChI is InChI=1S/C15H28N2O.ClH/c1-11(2)10-17(14-5-3-4-6-14)15(18)12-7-8-13(16)9-12;/h11-14H,3-10,16H2,1-2H3;1H. The van der Waals surface area contributed by atoms with Crippen molar-refractivity contribution in [2.45, 2.75) is 70.9 Å². The smallest absolute Gasteiger partial charge is 0.225 e. The lowest BCUT2D eigenvalue weighted by atomic mass is 10.0. The van der Waals surface area contributed by atoms with E-state index in [9.17, 15) is 4.79 Å². The fraction of sp³-hybridized carbons (Fsp3) is 0.933. The fourth-order valence-electron chi connectivity index (χ4n) is 3.50. The molecule has 3 nitrogen and oxygen atoms in total. The number of halogens is 1. The lowest BCUT2D eigenvalue weighted by molar-refractivity contribution is -0.138. The second kappa shape index (κ2) is 7.49. The molecule has 112 valence electrons. The minimum Gasteiger partial charge on any atom is -0.339 e. The van der Waals surface area contributed by atoms with Gasteiger partial charge in [-0.15, -0.1) is 12.4 Å². The zero-order valence-corrected chi connectivity index (χ0v) is 13.1. The summed E-state index contributed by atoms with van der Waals surface area (Å²) in [5, 5.41) is 0. The summed E-state index contributed by atoms with van der Waals surface area (Å²) in [6.45, 7) is 5.33. The number of carbonyl (C=O) groups is 1. The van der Waals surface area contributed by atoms with Crippen LogP contribution in [-0.2, 0) is 4.79 Å². The molecule has 2 fully saturated rings. The molecule has 0 aromatic heterocycles. The fourth-order valence-corrected chi connectivity index (χ4v) is 3.50. The van der Waals surface area contributed by atoms with Crippen LogP contribution in [0, 0.1) is 11.8 Å². The first-order chi connectivity index (χ1) is 8.58. The van der Waals surface area contributed by atoms with E-state index in [2.05, 4.69) is 18.7 Å². The summed E-state index contributed by atoms with van der Waals surface area (Å²) < 4.78 is 0. The van der Waals surface area contributed by atoms with Gasteiger partial charge < -0.3 is 10.6 Å². The van der Waals surface area contributed by atoms with Crippen molar-refractivity contribution in [1.29, 1.82) is 0 Å². The molecular weight excluding hydrogens is 260 g/mol. The van der Waals surface area contributed by atoms with Crippen LogP contribution in [0.3, 0.4) is 0 Å². The second-order valence-corrected chi connectivity index (χ2v) is 6.59. The molecule has 4 heteroatoms. The molecule has 0 aliphatic heterocycles. The number of amides is 1.